The number of rotatable bonds is 6. The van der Waals surface area contributed by atoms with Crippen LogP contribution in [0.25, 0.3) is 0 Å². The fraction of sp³-hybridized carbons (Fsp3) is 1.00. The molecule has 0 aromatic heterocycles. The van der Waals surface area contributed by atoms with Gasteiger partial charge in [0.15, 0.2) is 0 Å². The Kier molecular flexibility index (Phi) is 6.10. The average Bonchev–Trinajstić information content (AvgIpc) is 2.19. The summed E-state index contributed by atoms with van der Waals surface area (Å²) in [4.78, 5) is 0. The molecule has 13 heavy (non-hydrogen) atoms. The Morgan fingerprint density at radius 3 is 2.92 bits per heavy atom. The van der Waals surface area contributed by atoms with Crippen LogP contribution in [0, 0.1) is 0 Å². The normalized spacial score (nSPS) is 23.3. The highest BCUT2D eigenvalue weighted by Crippen LogP contribution is 1.92. The van der Waals surface area contributed by atoms with Crippen molar-refractivity contribution < 1.29 is 0 Å². The lowest BCUT2D eigenvalue weighted by molar-refractivity contribution is 0.391. The molecule has 0 bridgehead atoms. The maximum Gasteiger partial charge on any atom is 0.0205 e. The third-order valence-corrected chi connectivity index (χ3v) is 2.28. The fourth-order valence-electron chi connectivity index (χ4n) is 1.48. The lowest BCUT2D eigenvalue weighted by atomic mass is 10.1. The van der Waals surface area contributed by atoms with Crippen LogP contribution < -0.4 is 21.7 Å². The van der Waals surface area contributed by atoms with Crippen LogP contribution in [0.5, 0.6) is 0 Å². The van der Waals surface area contributed by atoms with Crippen molar-refractivity contribution >= 4 is 0 Å². The first-order chi connectivity index (χ1) is 6.43. The first-order valence-electron chi connectivity index (χ1n) is 5.21. The number of hydrogen-bond donors (Lipinski definition) is 3. The van der Waals surface area contributed by atoms with Gasteiger partial charge in [0, 0.05) is 38.8 Å². The minimum Gasteiger partial charge on any atom is -0.330 e. The van der Waals surface area contributed by atoms with E-state index in [1.54, 1.807) is 0 Å². The van der Waals surface area contributed by atoms with Gasteiger partial charge in [-0.05, 0) is 19.4 Å². The van der Waals surface area contributed by atoms with E-state index in [0.29, 0.717) is 6.04 Å². The molecular formula is C9H21N4. The Morgan fingerprint density at radius 2 is 2.23 bits per heavy atom. The highest BCUT2D eigenvalue weighted by atomic mass is 15.1. The summed E-state index contributed by atoms with van der Waals surface area (Å²) >= 11 is 0. The summed E-state index contributed by atoms with van der Waals surface area (Å²) in [7, 11) is 0. The van der Waals surface area contributed by atoms with Gasteiger partial charge in [-0.2, -0.15) is 0 Å². The number of nitrogens with one attached hydrogen (secondary N) is 2. The second-order valence-corrected chi connectivity index (χ2v) is 3.46. The van der Waals surface area contributed by atoms with Gasteiger partial charge in [-0.1, -0.05) is 0 Å². The van der Waals surface area contributed by atoms with Crippen molar-refractivity contribution in [2.24, 2.45) is 5.73 Å². The molecule has 4 nitrogen and oxygen atoms in total. The van der Waals surface area contributed by atoms with E-state index < -0.39 is 0 Å². The molecule has 1 saturated heterocycles. The summed E-state index contributed by atoms with van der Waals surface area (Å²) in [5.41, 5.74) is 5.37. The molecule has 1 aliphatic heterocycles. The summed E-state index contributed by atoms with van der Waals surface area (Å²) < 4.78 is 0. The van der Waals surface area contributed by atoms with Crippen LogP contribution in [-0.2, 0) is 0 Å². The molecule has 1 fully saturated rings. The predicted octanol–water partition coefficient (Wildman–Crippen LogP) is -1.11. The van der Waals surface area contributed by atoms with Crippen molar-refractivity contribution in [2.45, 2.75) is 18.9 Å². The van der Waals surface area contributed by atoms with E-state index in [2.05, 4.69) is 16.0 Å². The van der Waals surface area contributed by atoms with Gasteiger partial charge in [-0.3, -0.25) is 0 Å². The summed E-state index contributed by atoms with van der Waals surface area (Å²) in [5.74, 6) is 0. The SMILES string of the molecule is NCCC[N]CCC1CNCCN1. The monoisotopic (exact) mass is 185 g/mol. The van der Waals surface area contributed by atoms with Gasteiger partial charge >= 0.3 is 0 Å². The Labute approximate surface area is 80.6 Å². The highest BCUT2D eigenvalue weighted by molar-refractivity contribution is 4.75. The van der Waals surface area contributed by atoms with Crippen molar-refractivity contribution in [3.63, 3.8) is 0 Å². The van der Waals surface area contributed by atoms with E-state index in [1.165, 1.54) is 0 Å². The molecule has 1 heterocycles. The van der Waals surface area contributed by atoms with Crippen LogP contribution in [0.3, 0.4) is 0 Å². The number of nitrogens with zero attached hydrogens (tertiary/aromatic N) is 1. The molecule has 1 unspecified atom stereocenters. The van der Waals surface area contributed by atoms with E-state index in [1.807, 2.05) is 0 Å². The van der Waals surface area contributed by atoms with Gasteiger partial charge in [0.25, 0.3) is 0 Å². The molecule has 0 aromatic carbocycles. The standard InChI is InChI=1S/C9H21N4/c10-3-1-4-11-5-2-9-8-12-6-7-13-9/h9,12-13H,1-8,10H2. The van der Waals surface area contributed by atoms with E-state index in [0.717, 1.165) is 52.1 Å². The Bertz CT molecular complexity index is 112. The second-order valence-electron chi connectivity index (χ2n) is 3.46. The van der Waals surface area contributed by atoms with Crippen molar-refractivity contribution in [2.75, 3.05) is 39.3 Å². The Morgan fingerprint density at radius 1 is 1.31 bits per heavy atom. The van der Waals surface area contributed by atoms with Gasteiger partial charge in [-0.25, -0.2) is 5.32 Å². The summed E-state index contributed by atoms with van der Waals surface area (Å²) in [6.45, 7) is 5.93. The summed E-state index contributed by atoms with van der Waals surface area (Å²) in [5, 5.41) is 11.2. The lowest BCUT2D eigenvalue weighted by Crippen LogP contribution is -2.48. The molecule has 0 saturated carbocycles. The quantitative estimate of drug-likeness (QED) is 0.460. The second kappa shape index (κ2) is 7.26. The van der Waals surface area contributed by atoms with E-state index in [4.69, 9.17) is 5.73 Å². The van der Waals surface area contributed by atoms with Crippen LogP contribution in [0.1, 0.15) is 12.8 Å². The predicted molar refractivity (Wildman–Crippen MR) is 54.8 cm³/mol. The molecule has 0 aromatic rings. The molecule has 1 radical (unpaired) electrons. The van der Waals surface area contributed by atoms with Gasteiger partial charge in [0.05, 0.1) is 0 Å². The van der Waals surface area contributed by atoms with Gasteiger partial charge in [-0.15, -0.1) is 0 Å². The van der Waals surface area contributed by atoms with Crippen LogP contribution >= 0.6 is 0 Å². The summed E-state index contributed by atoms with van der Waals surface area (Å²) in [6.07, 6.45) is 2.17. The van der Waals surface area contributed by atoms with E-state index in [-0.39, 0.29) is 0 Å². The zero-order chi connectivity index (χ0) is 9.36. The number of nitrogens with two attached hydrogens (primary N) is 1. The van der Waals surface area contributed by atoms with Gasteiger partial charge in [0.2, 0.25) is 0 Å². The largest absolute Gasteiger partial charge is 0.330 e. The zero-order valence-corrected chi connectivity index (χ0v) is 8.26. The molecule has 77 valence electrons. The molecule has 1 atom stereocenters. The number of piperazine rings is 1. The van der Waals surface area contributed by atoms with Crippen molar-refractivity contribution in [3.8, 4) is 0 Å². The molecule has 4 heteroatoms. The zero-order valence-electron chi connectivity index (χ0n) is 8.26. The first-order valence-corrected chi connectivity index (χ1v) is 5.21. The maximum absolute atomic E-state index is 5.37. The topological polar surface area (TPSA) is 64.2 Å². The first kappa shape index (κ1) is 10.9. The molecule has 0 aliphatic carbocycles. The van der Waals surface area contributed by atoms with Crippen molar-refractivity contribution in [1.29, 1.82) is 0 Å². The van der Waals surface area contributed by atoms with Gasteiger partial charge < -0.3 is 16.4 Å². The Hall–Kier alpha value is -0.160. The minimum absolute atomic E-state index is 0.621. The average molecular weight is 185 g/mol. The highest BCUT2D eigenvalue weighted by Gasteiger charge is 2.10. The fourth-order valence-corrected chi connectivity index (χ4v) is 1.48. The van der Waals surface area contributed by atoms with Gasteiger partial charge in [0.1, 0.15) is 0 Å². The third-order valence-electron chi connectivity index (χ3n) is 2.28. The maximum atomic E-state index is 5.37. The summed E-state index contributed by atoms with van der Waals surface area (Å²) in [6, 6.07) is 0.621. The third kappa shape index (κ3) is 5.21. The Balaban J connectivity index is 1.86. The van der Waals surface area contributed by atoms with E-state index in [9.17, 15) is 0 Å². The molecule has 4 N–H and O–H groups in total. The smallest absolute Gasteiger partial charge is 0.0205 e. The van der Waals surface area contributed by atoms with E-state index >= 15 is 0 Å². The molecule has 1 rings (SSSR count). The molecule has 0 amide bonds. The molecular weight excluding hydrogens is 164 g/mol. The van der Waals surface area contributed by atoms with Crippen LogP contribution in [0.15, 0.2) is 0 Å². The minimum atomic E-state index is 0.621. The molecule has 0 spiro atoms. The molecule has 1 aliphatic rings. The van der Waals surface area contributed by atoms with Crippen molar-refractivity contribution in [3.05, 3.63) is 0 Å². The van der Waals surface area contributed by atoms with Crippen LogP contribution in [0.4, 0.5) is 0 Å². The lowest BCUT2D eigenvalue weighted by Gasteiger charge is -2.24. The van der Waals surface area contributed by atoms with Crippen LogP contribution in [0.2, 0.25) is 0 Å². The van der Waals surface area contributed by atoms with Crippen LogP contribution in [-0.4, -0.2) is 45.3 Å². The number of hydrogen-bond acceptors (Lipinski definition) is 3. The van der Waals surface area contributed by atoms with Crippen molar-refractivity contribution in [1.82, 2.24) is 16.0 Å².